The summed E-state index contributed by atoms with van der Waals surface area (Å²) in [6, 6.07) is 19.8. The van der Waals surface area contributed by atoms with Crippen LogP contribution >= 0.6 is 0 Å². The van der Waals surface area contributed by atoms with Crippen molar-refractivity contribution in [1.82, 2.24) is 5.16 Å². The van der Waals surface area contributed by atoms with Crippen molar-refractivity contribution in [3.63, 3.8) is 0 Å². The number of aromatic nitrogens is 1. The van der Waals surface area contributed by atoms with Gasteiger partial charge in [0.1, 0.15) is 5.69 Å². The van der Waals surface area contributed by atoms with Crippen molar-refractivity contribution in [1.29, 1.82) is 0 Å². The smallest absolute Gasteiger partial charge is 0.230 e. The summed E-state index contributed by atoms with van der Waals surface area (Å²) in [5.74, 6) is -0.141. The third kappa shape index (κ3) is 4.14. The Morgan fingerprint density at radius 2 is 1.66 bits per heavy atom. The predicted octanol–water partition coefficient (Wildman–Crippen LogP) is 5.68. The van der Waals surface area contributed by atoms with Gasteiger partial charge in [-0.3, -0.25) is 4.79 Å². The van der Waals surface area contributed by atoms with Crippen LogP contribution in [0, 0.1) is 20.8 Å². The Balaban J connectivity index is 1.53. The number of nitrogens with zero attached hydrogens (tertiary/aromatic N) is 1. The topological polar surface area (TPSA) is 67.2 Å². The molecule has 0 radical (unpaired) electrons. The van der Waals surface area contributed by atoms with E-state index in [-0.39, 0.29) is 12.3 Å². The van der Waals surface area contributed by atoms with Gasteiger partial charge in [0.05, 0.1) is 17.8 Å². The minimum atomic E-state index is -0.141. The number of anilines is 3. The Kier molecular flexibility index (Phi) is 5.04. The lowest BCUT2D eigenvalue weighted by Crippen LogP contribution is -2.15. The highest BCUT2D eigenvalue weighted by atomic mass is 16.5. The second-order valence-electron chi connectivity index (χ2n) is 7.35. The summed E-state index contributed by atoms with van der Waals surface area (Å²) in [7, 11) is 0. The molecule has 1 heterocycles. The molecular formula is C24H23N3O2. The van der Waals surface area contributed by atoms with Crippen molar-refractivity contribution in [3.8, 4) is 0 Å². The number of carbonyl (C=O) groups is 1. The molecule has 5 heteroatoms. The Morgan fingerprint density at radius 3 is 2.41 bits per heavy atom. The summed E-state index contributed by atoms with van der Waals surface area (Å²) in [5.41, 5.74) is 7.24. The minimum Gasteiger partial charge on any atom is -0.356 e. The molecule has 29 heavy (non-hydrogen) atoms. The summed E-state index contributed by atoms with van der Waals surface area (Å²) in [5, 5.41) is 11.4. The standard InChI is InChI=1S/C24H23N3O2/c1-15-8-10-18(11-9-15)25-20-6-4-5-7-21(20)26-23(28)14-22-19-13-16(2)12-17(3)24(19)29-27-22/h4-13,25H,14H2,1-3H3,(H,26,28). The normalized spacial score (nSPS) is 10.9. The molecule has 0 saturated carbocycles. The quantitative estimate of drug-likeness (QED) is 0.464. The van der Waals surface area contributed by atoms with Crippen molar-refractivity contribution < 1.29 is 9.32 Å². The largest absolute Gasteiger partial charge is 0.356 e. The lowest BCUT2D eigenvalue weighted by molar-refractivity contribution is -0.115. The van der Waals surface area contributed by atoms with Gasteiger partial charge in [0.15, 0.2) is 5.58 Å². The fourth-order valence-electron chi connectivity index (χ4n) is 3.41. The summed E-state index contributed by atoms with van der Waals surface area (Å²) in [6.45, 7) is 6.06. The van der Waals surface area contributed by atoms with E-state index in [9.17, 15) is 4.79 Å². The first-order valence-electron chi connectivity index (χ1n) is 9.57. The van der Waals surface area contributed by atoms with Gasteiger partial charge in [0.2, 0.25) is 5.91 Å². The summed E-state index contributed by atoms with van der Waals surface area (Å²) in [4.78, 5) is 12.7. The van der Waals surface area contributed by atoms with Gasteiger partial charge < -0.3 is 15.2 Å². The van der Waals surface area contributed by atoms with Gasteiger partial charge in [-0.05, 0) is 62.2 Å². The number of fused-ring (bicyclic) bond motifs is 1. The van der Waals surface area contributed by atoms with Crippen molar-refractivity contribution in [2.75, 3.05) is 10.6 Å². The molecule has 0 atom stereocenters. The molecule has 5 nitrogen and oxygen atoms in total. The molecule has 0 aliphatic carbocycles. The molecule has 4 aromatic rings. The van der Waals surface area contributed by atoms with E-state index >= 15 is 0 Å². The Hall–Kier alpha value is -3.60. The van der Waals surface area contributed by atoms with Gasteiger partial charge in [-0.25, -0.2) is 0 Å². The molecule has 0 aliphatic rings. The van der Waals surface area contributed by atoms with E-state index in [0.717, 1.165) is 39.2 Å². The first kappa shape index (κ1) is 18.7. The van der Waals surface area contributed by atoms with Crippen molar-refractivity contribution in [2.24, 2.45) is 0 Å². The van der Waals surface area contributed by atoms with E-state index in [1.165, 1.54) is 5.56 Å². The molecule has 0 spiro atoms. The lowest BCUT2D eigenvalue weighted by atomic mass is 10.1. The maximum absolute atomic E-state index is 12.7. The maximum atomic E-state index is 12.7. The molecule has 1 amide bonds. The van der Waals surface area contributed by atoms with Gasteiger partial charge >= 0.3 is 0 Å². The third-order valence-corrected chi connectivity index (χ3v) is 4.84. The zero-order chi connectivity index (χ0) is 20.4. The second kappa shape index (κ2) is 7.80. The van der Waals surface area contributed by atoms with Crippen LogP contribution in [0.5, 0.6) is 0 Å². The zero-order valence-corrected chi connectivity index (χ0v) is 16.7. The van der Waals surface area contributed by atoms with Crippen LogP contribution in [0.3, 0.4) is 0 Å². The van der Waals surface area contributed by atoms with E-state index in [1.807, 2.05) is 74.5 Å². The van der Waals surface area contributed by atoms with Gasteiger partial charge in [0.25, 0.3) is 0 Å². The lowest BCUT2D eigenvalue weighted by Gasteiger charge is -2.13. The summed E-state index contributed by atoms with van der Waals surface area (Å²) in [6.07, 6.45) is 0.148. The molecule has 2 N–H and O–H groups in total. The number of amides is 1. The highest BCUT2D eigenvalue weighted by Crippen LogP contribution is 2.27. The van der Waals surface area contributed by atoms with Crippen LogP contribution in [0.1, 0.15) is 22.4 Å². The number of benzene rings is 3. The highest BCUT2D eigenvalue weighted by Gasteiger charge is 2.15. The fraction of sp³-hybridized carbons (Fsp3) is 0.167. The van der Waals surface area contributed by atoms with E-state index < -0.39 is 0 Å². The molecule has 4 rings (SSSR count). The average molecular weight is 385 g/mol. The molecule has 0 unspecified atom stereocenters. The monoisotopic (exact) mass is 385 g/mol. The van der Waals surface area contributed by atoms with Crippen molar-refractivity contribution in [3.05, 3.63) is 83.0 Å². The number of aryl methyl sites for hydroxylation is 3. The summed E-state index contributed by atoms with van der Waals surface area (Å²) >= 11 is 0. The number of para-hydroxylation sites is 2. The van der Waals surface area contributed by atoms with Crippen LogP contribution < -0.4 is 10.6 Å². The molecule has 0 saturated heterocycles. The highest BCUT2D eigenvalue weighted by molar-refractivity contribution is 5.98. The average Bonchev–Trinajstić information content (AvgIpc) is 3.08. The van der Waals surface area contributed by atoms with Crippen molar-refractivity contribution in [2.45, 2.75) is 27.2 Å². The molecule has 3 aromatic carbocycles. The van der Waals surface area contributed by atoms with E-state index in [4.69, 9.17) is 4.52 Å². The molecule has 0 fully saturated rings. The molecule has 1 aromatic heterocycles. The van der Waals surface area contributed by atoms with Gasteiger partial charge in [-0.15, -0.1) is 0 Å². The Morgan fingerprint density at radius 1 is 0.931 bits per heavy atom. The second-order valence-corrected chi connectivity index (χ2v) is 7.35. The number of carbonyl (C=O) groups excluding carboxylic acids is 1. The summed E-state index contributed by atoms with van der Waals surface area (Å²) < 4.78 is 5.46. The zero-order valence-electron chi connectivity index (χ0n) is 16.7. The molecule has 146 valence electrons. The Bertz CT molecular complexity index is 1180. The molecule has 0 bridgehead atoms. The van der Waals surface area contributed by atoms with Crippen LogP contribution in [0.15, 0.2) is 65.2 Å². The van der Waals surface area contributed by atoms with E-state index in [0.29, 0.717) is 5.69 Å². The van der Waals surface area contributed by atoms with Crippen LogP contribution in [0.4, 0.5) is 17.1 Å². The van der Waals surface area contributed by atoms with Crippen LogP contribution in [0.25, 0.3) is 11.0 Å². The third-order valence-electron chi connectivity index (χ3n) is 4.84. The number of hydrogen-bond donors (Lipinski definition) is 2. The van der Waals surface area contributed by atoms with Crippen LogP contribution in [-0.4, -0.2) is 11.1 Å². The predicted molar refractivity (Wildman–Crippen MR) is 117 cm³/mol. The van der Waals surface area contributed by atoms with Crippen LogP contribution in [-0.2, 0) is 11.2 Å². The van der Waals surface area contributed by atoms with Gasteiger partial charge in [-0.1, -0.05) is 41.1 Å². The van der Waals surface area contributed by atoms with E-state index in [2.05, 4.69) is 22.7 Å². The van der Waals surface area contributed by atoms with E-state index in [1.54, 1.807) is 0 Å². The minimum absolute atomic E-state index is 0.141. The first-order valence-corrected chi connectivity index (χ1v) is 9.57. The number of rotatable bonds is 5. The maximum Gasteiger partial charge on any atom is 0.230 e. The molecule has 0 aliphatic heterocycles. The fourth-order valence-corrected chi connectivity index (χ4v) is 3.41. The molecular weight excluding hydrogens is 362 g/mol. The van der Waals surface area contributed by atoms with Gasteiger partial charge in [-0.2, -0.15) is 0 Å². The number of nitrogens with one attached hydrogen (secondary N) is 2. The van der Waals surface area contributed by atoms with Crippen molar-refractivity contribution >= 4 is 33.9 Å². The van der Waals surface area contributed by atoms with Gasteiger partial charge in [0, 0.05) is 11.1 Å². The Labute approximate surface area is 169 Å². The first-order chi connectivity index (χ1) is 14.0. The SMILES string of the molecule is Cc1ccc(Nc2ccccc2NC(=O)Cc2noc3c(C)cc(C)cc23)cc1. The number of hydrogen-bond acceptors (Lipinski definition) is 4. The van der Waals surface area contributed by atoms with Crippen LogP contribution in [0.2, 0.25) is 0 Å².